The first-order chi connectivity index (χ1) is 20.8. The van der Waals surface area contributed by atoms with Crippen LogP contribution in [0.4, 0.5) is 10.1 Å². The molecule has 0 radical (unpaired) electrons. The van der Waals surface area contributed by atoms with E-state index in [9.17, 15) is 22.4 Å². The summed E-state index contributed by atoms with van der Waals surface area (Å²) in [7, 11) is -4.24. The monoisotopic (exact) mass is 617 g/mol. The van der Waals surface area contributed by atoms with Crippen molar-refractivity contribution >= 4 is 27.5 Å². The van der Waals surface area contributed by atoms with E-state index in [1.807, 2.05) is 18.2 Å². The first-order valence-corrected chi connectivity index (χ1v) is 15.5. The first-order valence-electron chi connectivity index (χ1n) is 14.1. The highest BCUT2D eigenvalue weighted by Gasteiger charge is 2.33. The number of amides is 2. The lowest BCUT2D eigenvalue weighted by molar-refractivity contribution is -0.140. The third-order valence-corrected chi connectivity index (χ3v) is 8.47. The highest BCUT2D eigenvalue weighted by atomic mass is 32.2. The average Bonchev–Trinajstić information content (AvgIpc) is 2.99. The van der Waals surface area contributed by atoms with E-state index in [-0.39, 0.29) is 22.7 Å². The Labute approximate surface area is 258 Å². The van der Waals surface area contributed by atoms with Gasteiger partial charge in [-0.05, 0) is 82.3 Å². The summed E-state index contributed by atoms with van der Waals surface area (Å²) in [6.45, 7) is 6.07. The summed E-state index contributed by atoms with van der Waals surface area (Å²) < 4.78 is 49.5. The van der Waals surface area contributed by atoms with Crippen LogP contribution in [-0.4, -0.2) is 43.3 Å². The van der Waals surface area contributed by atoms with Gasteiger partial charge in [0.15, 0.2) is 0 Å². The van der Waals surface area contributed by atoms with Gasteiger partial charge in [-0.2, -0.15) is 0 Å². The molecule has 44 heavy (non-hydrogen) atoms. The van der Waals surface area contributed by atoms with Crippen LogP contribution in [0.5, 0.6) is 11.5 Å². The van der Waals surface area contributed by atoms with E-state index in [0.717, 1.165) is 4.31 Å². The van der Waals surface area contributed by atoms with Crippen molar-refractivity contribution in [2.45, 2.75) is 50.7 Å². The number of nitrogens with zero attached hydrogens (tertiary/aromatic N) is 2. The molecule has 4 aromatic rings. The van der Waals surface area contributed by atoms with Gasteiger partial charge in [-0.1, -0.05) is 54.6 Å². The molecule has 0 heterocycles. The molecule has 0 spiro atoms. The lowest BCUT2D eigenvalue weighted by Gasteiger charge is -2.33. The van der Waals surface area contributed by atoms with Crippen molar-refractivity contribution in [1.82, 2.24) is 10.2 Å². The quantitative estimate of drug-likeness (QED) is 0.218. The van der Waals surface area contributed by atoms with E-state index in [1.54, 1.807) is 81.4 Å². The lowest BCUT2D eigenvalue weighted by atomic mass is 10.1. The molecule has 1 atom stereocenters. The predicted molar refractivity (Wildman–Crippen MR) is 168 cm³/mol. The molecular formula is C34H36FN3O5S. The molecule has 0 bridgehead atoms. The Balaban J connectivity index is 1.70. The van der Waals surface area contributed by atoms with E-state index in [1.165, 1.54) is 42.2 Å². The van der Waals surface area contributed by atoms with Gasteiger partial charge < -0.3 is 15.0 Å². The molecule has 0 unspecified atom stereocenters. The molecule has 1 N–H and O–H groups in total. The zero-order valence-electron chi connectivity index (χ0n) is 25.1. The molecule has 8 nitrogen and oxygen atoms in total. The Kier molecular flexibility index (Phi) is 10.1. The smallest absolute Gasteiger partial charge is 0.264 e. The number of rotatable bonds is 11. The van der Waals surface area contributed by atoms with Crippen LogP contribution >= 0.6 is 0 Å². The maximum absolute atomic E-state index is 14.7. The zero-order valence-corrected chi connectivity index (χ0v) is 25.9. The van der Waals surface area contributed by atoms with Gasteiger partial charge in [-0.3, -0.25) is 13.9 Å². The highest BCUT2D eigenvalue weighted by molar-refractivity contribution is 7.92. The van der Waals surface area contributed by atoms with Gasteiger partial charge in [-0.15, -0.1) is 0 Å². The molecule has 230 valence electrons. The molecule has 0 fully saturated rings. The Morgan fingerprint density at radius 1 is 0.818 bits per heavy atom. The highest BCUT2D eigenvalue weighted by Crippen LogP contribution is 2.28. The number of hydrogen-bond acceptors (Lipinski definition) is 5. The topological polar surface area (TPSA) is 96.0 Å². The number of carbonyl (C=O) groups excluding carboxylic acids is 2. The van der Waals surface area contributed by atoms with Crippen molar-refractivity contribution in [3.8, 4) is 11.5 Å². The van der Waals surface area contributed by atoms with Gasteiger partial charge in [-0.25, -0.2) is 12.8 Å². The van der Waals surface area contributed by atoms with Gasteiger partial charge in [0.05, 0.1) is 10.6 Å². The van der Waals surface area contributed by atoms with Gasteiger partial charge in [0.25, 0.3) is 10.0 Å². The average molecular weight is 618 g/mol. The number of benzene rings is 4. The van der Waals surface area contributed by atoms with E-state index in [4.69, 9.17) is 4.74 Å². The number of para-hydroxylation sites is 1. The third-order valence-electron chi connectivity index (χ3n) is 6.68. The van der Waals surface area contributed by atoms with Crippen molar-refractivity contribution in [2.75, 3.05) is 10.8 Å². The molecular weight excluding hydrogens is 581 g/mol. The summed E-state index contributed by atoms with van der Waals surface area (Å²) in [5.41, 5.74) is -0.194. The van der Waals surface area contributed by atoms with Crippen molar-refractivity contribution in [1.29, 1.82) is 0 Å². The number of sulfonamides is 1. The van der Waals surface area contributed by atoms with Crippen LogP contribution in [-0.2, 0) is 26.2 Å². The standard InChI is InChI=1S/C34H36FN3O5S/c1-25(33(40)36-34(2,3)4)37(23-26-13-11-12-18-31(26)35)32(39)24-38(44(41,42)30-16-9-6-10-17-30)27-19-21-29(22-20-27)43-28-14-7-5-8-15-28/h5-22,25H,23-24H2,1-4H3,(H,36,40)/t25-/m0/s1. The van der Waals surface area contributed by atoms with E-state index < -0.39 is 45.8 Å². The number of halogens is 1. The van der Waals surface area contributed by atoms with Crippen LogP contribution in [0.15, 0.2) is 114 Å². The fraction of sp³-hybridized carbons (Fsp3) is 0.235. The molecule has 4 rings (SSSR count). The second-order valence-electron chi connectivity index (χ2n) is 11.3. The number of ether oxygens (including phenoxy) is 1. The number of anilines is 1. The molecule has 0 saturated carbocycles. The molecule has 0 saturated heterocycles. The van der Waals surface area contributed by atoms with E-state index >= 15 is 0 Å². The van der Waals surface area contributed by atoms with E-state index in [2.05, 4.69) is 5.32 Å². The van der Waals surface area contributed by atoms with Gasteiger partial charge in [0, 0.05) is 17.6 Å². The fourth-order valence-electron chi connectivity index (χ4n) is 4.42. The fourth-order valence-corrected chi connectivity index (χ4v) is 5.86. The van der Waals surface area contributed by atoms with Crippen molar-refractivity contribution in [3.05, 3.63) is 121 Å². The number of nitrogens with one attached hydrogen (secondary N) is 1. The normalized spacial score (nSPS) is 12.2. The van der Waals surface area contributed by atoms with Crippen LogP contribution in [0, 0.1) is 5.82 Å². The number of hydrogen-bond donors (Lipinski definition) is 1. The Bertz CT molecular complexity index is 1680. The van der Waals surface area contributed by atoms with E-state index in [0.29, 0.717) is 11.5 Å². The second kappa shape index (κ2) is 13.7. The van der Waals surface area contributed by atoms with Crippen molar-refractivity contribution < 1.29 is 27.1 Å². The van der Waals surface area contributed by atoms with Crippen LogP contribution in [0.1, 0.15) is 33.3 Å². The second-order valence-corrected chi connectivity index (χ2v) is 13.1. The summed E-state index contributed by atoms with van der Waals surface area (Å²) in [4.78, 5) is 28.4. The van der Waals surface area contributed by atoms with Crippen LogP contribution in [0.2, 0.25) is 0 Å². The Hall–Kier alpha value is -4.70. The van der Waals surface area contributed by atoms with Gasteiger partial charge in [0.1, 0.15) is 29.9 Å². The molecule has 0 aromatic heterocycles. The van der Waals surface area contributed by atoms with Crippen LogP contribution < -0.4 is 14.4 Å². The Morgan fingerprint density at radius 2 is 1.36 bits per heavy atom. The Morgan fingerprint density at radius 3 is 1.95 bits per heavy atom. The minimum atomic E-state index is -4.24. The molecule has 0 aliphatic rings. The van der Waals surface area contributed by atoms with Crippen molar-refractivity contribution in [2.24, 2.45) is 0 Å². The minimum Gasteiger partial charge on any atom is -0.457 e. The molecule has 10 heteroatoms. The van der Waals surface area contributed by atoms with Gasteiger partial charge in [0.2, 0.25) is 11.8 Å². The summed E-state index contributed by atoms with van der Waals surface area (Å²) in [6, 6.07) is 28.1. The SMILES string of the molecule is C[C@@H](C(=O)NC(C)(C)C)N(Cc1ccccc1F)C(=O)CN(c1ccc(Oc2ccccc2)cc1)S(=O)(=O)c1ccccc1. The van der Waals surface area contributed by atoms with Crippen LogP contribution in [0.25, 0.3) is 0 Å². The van der Waals surface area contributed by atoms with Gasteiger partial charge >= 0.3 is 0 Å². The molecule has 4 aromatic carbocycles. The summed E-state index contributed by atoms with van der Waals surface area (Å²) in [5.74, 6) is -0.611. The zero-order chi connectivity index (χ0) is 31.9. The molecule has 0 aliphatic carbocycles. The minimum absolute atomic E-state index is 0.0170. The molecule has 2 amide bonds. The van der Waals surface area contributed by atoms with Crippen molar-refractivity contribution in [3.63, 3.8) is 0 Å². The summed E-state index contributed by atoms with van der Waals surface area (Å²) >= 11 is 0. The largest absolute Gasteiger partial charge is 0.457 e. The third kappa shape index (κ3) is 8.23. The summed E-state index contributed by atoms with van der Waals surface area (Å²) in [5, 5.41) is 2.85. The van der Waals surface area contributed by atoms with Crippen LogP contribution in [0.3, 0.4) is 0 Å². The maximum Gasteiger partial charge on any atom is 0.264 e. The number of carbonyl (C=O) groups is 2. The molecule has 0 aliphatic heterocycles. The summed E-state index contributed by atoms with van der Waals surface area (Å²) in [6.07, 6.45) is 0. The maximum atomic E-state index is 14.7. The first kappa shape index (κ1) is 32.2. The predicted octanol–water partition coefficient (Wildman–Crippen LogP) is 6.15. The lowest BCUT2D eigenvalue weighted by Crippen LogP contribution is -2.54.